The van der Waals surface area contributed by atoms with E-state index in [1.807, 2.05) is 0 Å². The fraction of sp³-hybridized carbons (Fsp3) is 0.273. The first-order valence-corrected chi connectivity index (χ1v) is 6.73. The monoisotopic (exact) mass is 318 g/mol. The third-order valence-corrected chi connectivity index (χ3v) is 3.90. The average Bonchev–Trinajstić information content (AvgIpc) is 2.86. The van der Waals surface area contributed by atoms with Crippen molar-refractivity contribution >= 4 is 29.3 Å². The lowest BCUT2D eigenvalue weighted by atomic mass is 10.1. The lowest BCUT2D eigenvalue weighted by Crippen LogP contribution is -2.42. The van der Waals surface area contributed by atoms with Crippen molar-refractivity contribution in [1.29, 1.82) is 0 Å². The molecule has 0 spiro atoms. The lowest BCUT2D eigenvalue weighted by Gasteiger charge is -2.20. The Morgan fingerprint density at radius 3 is 2.62 bits per heavy atom. The van der Waals surface area contributed by atoms with Crippen molar-refractivity contribution < 1.29 is 28.4 Å². The number of halogens is 2. The fourth-order valence-corrected chi connectivity index (χ4v) is 2.99. The van der Waals surface area contributed by atoms with Crippen LogP contribution in [-0.4, -0.2) is 44.5 Å². The summed E-state index contributed by atoms with van der Waals surface area (Å²) in [6.45, 7) is 0. The summed E-state index contributed by atoms with van der Waals surface area (Å²) in [5.74, 6) is -4.81. The van der Waals surface area contributed by atoms with E-state index >= 15 is 0 Å². The third-order valence-electron chi connectivity index (χ3n) is 2.89. The molecule has 1 atom stereocenters. The Morgan fingerprint density at radius 2 is 2.05 bits per heavy atom. The van der Waals surface area contributed by atoms with Gasteiger partial charge in [0.15, 0.2) is 0 Å². The van der Waals surface area contributed by atoms with E-state index < -0.39 is 45.7 Å². The molecule has 0 saturated carbocycles. The van der Waals surface area contributed by atoms with E-state index in [9.17, 15) is 28.5 Å². The molecule has 1 aromatic rings. The SMILES string of the molecule is O=C(O)[C@@H]1CSCN1C(=O)c1cc([N+](=O)[O-])c(F)cc1F. The van der Waals surface area contributed by atoms with Crippen molar-refractivity contribution in [2.24, 2.45) is 0 Å². The first-order chi connectivity index (χ1) is 9.82. The molecular formula is C11H8F2N2O5S. The van der Waals surface area contributed by atoms with Gasteiger partial charge < -0.3 is 10.0 Å². The number of hydrogen-bond donors (Lipinski definition) is 1. The van der Waals surface area contributed by atoms with Gasteiger partial charge in [-0.15, -0.1) is 11.8 Å². The van der Waals surface area contributed by atoms with Gasteiger partial charge in [-0.3, -0.25) is 14.9 Å². The molecule has 0 radical (unpaired) electrons. The van der Waals surface area contributed by atoms with Crippen LogP contribution in [0.25, 0.3) is 0 Å². The fourth-order valence-electron chi connectivity index (χ4n) is 1.84. The zero-order valence-electron chi connectivity index (χ0n) is 10.3. The predicted octanol–water partition coefficient (Wildman–Crippen LogP) is 1.47. The van der Waals surface area contributed by atoms with Gasteiger partial charge >= 0.3 is 11.7 Å². The van der Waals surface area contributed by atoms with Crippen LogP contribution >= 0.6 is 11.8 Å². The van der Waals surface area contributed by atoms with Crippen molar-refractivity contribution in [3.63, 3.8) is 0 Å². The number of thioether (sulfide) groups is 1. The molecule has 2 rings (SSSR count). The maximum Gasteiger partial charge on any atom is 0.327 e. The van der Waals surface area contributed by atoms with Crippen molar-refractivity contribution in [3.05, 3.63) is 39.4 Å². The summed E-state index contributed by atoms with van der Waals surface area (Å²) < 4.78 is 26.9. The van der Waals surface area contributed by atoms with Crippen LogP contribution in [0.3, 0.4) is 0 Å². The minimum atomic E-state index is -1.40. The maximum absolute atomic E-state index is 13.7. The van der Waals surface area contributed by atoms with Gasteiger partial charge in [0.2, 0.25) is 5.82 Å². The molecule has 1 N–H and O–H groups in total. The molecule has 112 valence electrons. The second-order valence-corrected chi connectivity index (χ2v) is 5.17. The molecule has 0 aliphatic carbocycles. The second kappa shape index (κ2) is 5.64. The quantitative estimate of drug-likeness (QED) is 0.669. The first-order valence-electron chi connectivity index (χ1n) is 5.58. The van der Waals surface area contributed by atoms with Crippen LogP contribution in [0.2, 0.25) is 0 Å². The number of carboxylic acid groups (broad SMARTS) is 1. The highest BCUT2D eigenvalue weighted by atomic mass is 32.2. The van der Waals surface area contributed by atoms with Gasteiger partial charge in [0.1, 0.15) is 11.9 Å². The average molecular weight is 318 g/mol. The number of hydrogen-bond acceptors (Lipinski definition) is 5. The molecule has 0 unspecified atom stereocenters. The number of nitro groups is 1. The number of carbonyl (C=O) groups is 2. The largest absolute Gasteiger partial charge is 0.480 e. The normalized spacial score (nSPS) is 17.8. The molecule has 1 aliphatic heterocycles. The predicted molar refractivity (Wildman–Crippen MR) is 67.9 cm³/mol. The van der Waals surface area contributed by atoms with E-state index in [0.29, 0.717) is 6.07 Å². The molecule has 21 heavy (non-hydrogen) atoms. The summed E-state index contributed by atoms with van der Waals surface area (Å²) in [5.41, 5.74) is -1.77. The topological polar surface area (TPSA) is 101 Å². The van der Waals surface area contributed by atoms with Crippen molar-refractivity contribution in [1.82, 2.24) is 4.90 Å². The van der Waals surface area contributed by atoms with Crippen molar-refractivity contribution in [2.45, 2.75) is 6.04 Å². The minimum Gasteiger partial charge on any atom is -0.480 e. The number of benzene rings is 1. The summed E-state index contributed by atoms with van der Waals surface area (Å²) in [6.07, 6.45) is 0. The smallest absolute Gasteiger partial charge is 0.327 e. The Hall–Kier alpha value is -2.23. The third kappa shape index (κ3) is 2.79. The number of aliphatic carboxylic acids is 1. The molecular weight excluding hydrogens is 310 g/mol. The summed E-state index contributed by atoms with van der Waals surface area (Å²) >= 11 is 1.15. The van der Waals surface area contributed by atoms with Crippen molar-refractivity contribution in [2.75, 3.05) is 11.6 Å². The van der Waals surface area contributed by atoms with Gasteiger partial charge in [-0.05, 0) is 0 Å². The van der Waals surface area contributed by atoms with Crippen molar-refractivity contribution in [3.8, 4) is 0 Å². The molecule has 0 aromatic heterocycles. The van der Waals surface area contributed by atoms with Crippen LogP contribution in [-0.2, 0) is 4.79 Å². The molecule has 1 aromatic carbocycles. The van der Waals surface area contributed by atoms with Crippen LogP contribution < -0.4 is 0 Å². The van der Waals surface area contributed by atoms with E-state index in [0.717, 1.165) is 16.7 Å². The maximum atomic E-state index is 13.7. The molecule has 1 saturated heterocycles. The standard InChI is InChI=1S/C11H8F2N2O5S/c12-6-2-7(13)8(15(19)20)1-5(6)10(16)14-4-21-3-9(14)11(17)18/h1-2,9H,3-4H2,(H,17,18)/t9-/m0/s1. The number of amides is 1. The molecule has 1 heterocycles. The molecule has 1 amide bonds. The summed E-state index contributed by atoms with van der Waals surface area (Å²) in [7, 11) is 0. The Labute approximate surface area is 120 Å². The highest BCUT2D eigenvalue weighted by Crippen LogP contribution is 2.27. The van der Waals surface area contributed by atoms with Crippen LogP contribution in [0.4, 0.5) is 14.5 Å². The molecule has 1 aliphatic rings. The first kappa shape index (κ1) is 15.2. The highest BCUT2D eigenvalue weighted by molar-refractivity contribution is 7.99. The summed E-state index contributed by atoms with van der Waals surface area (Å²) in [5, 5.41) is 19.6. The number of nitrogens with zero attached hydrogens (tertiary/aromatic N) is 2. The molecule has 0 bridgehead atoms. The van der Waals surface area contributed by atoms with Gasteiger partial charge in [0.05, 0.1) is 16.4 Å². The van der Waals surface area contributed by atoms with Crippen LogP contribution in [0.5, 0.6) is 0 Å². The van der Waals surface area contributed by atoms with Gasteiger partial charge in [-0.2, -0.15) is 4.39 Å². The van der Waals surface area contributed by atoms with Crippen LogP contribution in [0.15, 0.2) is 12.1 Å². The number of carbonyl (C=O) groups excluding carboxylic acids is 1. The van der Waals surface area contributed by atoms with E-state index in [1.165, 1.54) is 0 Å². The Kier molecular flexibility index (Phi) is 4.07. The Morgan fingerprint density at radius 1 is 1.38 bits per heavy atom. The zero-order chi connectivity index (χ0) is 15.7. The van der Waals surface area contributed by atoms with Crippen LogP contribution in [0, 0.1) is 21.7 Å². The summed E-state index contributed by atoms with van der Waals surface area (Å²) in [4.78, 5) is 33.5. The van der Waals surface area contributed by atoms with Crippen LogP contribution in [0.1, 0.15) is 10.4 Å². The summed E-state index contributed by atoms with van der Waals surface area (Å²) in [6, 6.07) is -0.426. The van der Waals surface area contributed by atoms with Gasteiger partial charge in [0, 0.05) is 17.9 Å². The van der Waals surface area contributed by atoms with E-state index in [4.69, 9.17) is 5.11 Å². The van der Waals surface area contributed by atoms with E-state index in [1.54, 1.807) is 0 Å². The molecule has 7 nitrogen and oxygen atoms in total. The number of nitro benzene ring substituents is 1. The van der Waals surface area contributed by atoms with E-state index in [-0.39, 0.29) is 17.7 Å². The second-order valence-electron chi connectivity index (χ2n) is 4.17. The Bertz CT molecular complexity index is 639. The van der Waals surface area contributed by atoms with E-state index in [2.05, 4.69) is 0 Å². The minimum absolute atomic E-state index is 0.0143. The number of carboxylic acids is 1. The highest BCUT2D eigenvalue weighted by Gasteiger charge is 2.36. The van der Waals surface area contributed by atoms with Gasteiger partial charge in [-0.1, -0.05) is 0 Å². The van der Waals surface area contributed by atoms with Gasteiger partial charge in [0.25, 0.3) is 5.91 Å². The Balaban J connectivity index is 2.41. The lowest BCUT2D eigenvalue weighted by molar-refractivity contribution is -0.387. The molecule has 1 fully saturated rings. The zero-order valence-corrected chi connectivity index (χ0v) is 11.1. The molecule has 10 heteroatoms. The van der Waals surface area contributed by atoms with Gasteiger partial charge in [-0.25, -0.2) is 9.18 Å². The number of rotatable bonds is 3.